The second-order valence-electron chi connectivity index (χ2n) is 10.0. The minimum Gasteiger partial charge on any atom is -0.444 e. The van der Waals surface area contributed by atoms with Crippen LogP contribution in [0.2, 0.25) is 0 Å². The van der Waals surface area contributed by atoms with Gasteiger partial charge in [-0.3, -0.25) is 0 Å². The van der Waals surface area contributed by atoms with Gasteiger partial charge in [-0.1, -0.05) is 44.2 Å². The summed E-state index contributed by atoms with van der Waals surface area (Å²) >= 11 is 0. The Morgan fingerprint density at radius 2 is 1.97 bits per heavy atom. The molecule has 11 nitrogen and oxygen atoms in total. The summed E-state index contributed by atoms with van der Waals surface area (Å²) in [5, 5.41) is 16.9. The zero-order valence-electron chi connectivity index (χ0n) is 22.4. The molecule has 12 heteroatoms. The Morgan fingerprint density at radius 1 is 1.21 bits per heavy atom. The molecule has 0 unspecified atom stereocenters. The van der Waals surface area contributed by atoms with Gasteiger partial charge in [0.2, 0.25) is 10.0 Å². The Kier molecular flexibility index (Phi) is 9.44. The molecule has 0 radical (unpaired) electrons. The van der Waals surface area contributed by atoms with E-state index in [0.717, 1.165) is 5.56 Å². The number of hydrogen-bond donors (Lipinski definition) is 3. The monoisotopic (exact) mass is 560 g/mol. The van der Waals surface area contributed by atoms with Crippen LogP contribution in [0.5, 0.6) is 0 Å². The van der Waals surface area contributed by atoms with E-state index in [1.54, 1.807) is 13.1 Å². The van der Waals surface area contributed by atoms with E-state index >= 15 is 0 Å². The fraction of sp³-hybridized carbons (Fsp3) is 0.481. The second-order valence-corrected chi connectivity index (χ2v) is 12.0. The Morgan fingerprint density at radius 3 is 2.64 bits per heavy atom. The fourth-order valence-corrected chi connectivity index (χ4v) is 6.07. The number of aliphatic hydroxyl groups is 1. The molecule has 39 heavy (non-hydrogen) atoms. The normalized spacial score (nSPS) is 17.4. The number of rotatable bonds is 12. The molecule has 1 aliphatic rings. The number of aromatic nitrogens is 1. The highest BCUT2D eigenvalue weighted by molar-refractivity contribution is 7.89. The van der Waals surface area contributed by atoms with Gasteiger partial charge >= 0.3 is 6.09 Å². The molecule has 1 fully saturated rings. The van der Waals surface area contributed by atoms with Crippen LogP contribution in [0.25, 0.3) is 11.1 Å². The topological polar surface area (TPSA) is 143 Å². The summed E-state index contributed by atoms with van der Waals surface area (Å²) < 4.78 is 45.1. The number of ether oxygens (including phenoxy) is 2. The predicted molar refractivity (Wildman–Crippen MR) is 146 cm³/mol. The standard InChI is InChI=1S/C27H36N4O7S/c1-18(2)15-31(39(34,35)21-9-10-22-25(14-21)38-26(28-3)29-22)16-24(32)23(13-19-7-5-4-6-8-19)30-27(33)37-20-11-12-36-17-20/h4-10,14,18,20,23-24,32H,11-13,15-17H2,1-3H3,(H,28,29)(H,30,33)/t20-,23-,24+/m0/s1. The van der Waals surface area contributed by atoms with E-state index in [4.69, 9.17) is 13.9 Å². The van der Waals surface area contributed by atoms with Crippen LogP contribution in [-0.4, -0.2) is 80.5 Å². The van der Waals surface area contributed by atoms with Crippen LogP contribution in [0.3, 0.4) is 0 Å². The van der Waals surface area contributed by atoms with Gasteiger partial charge in [-0.2, -0.15) is 9.29 Å². The number of sulfonamides is 1. The van der Waals surface area contributed by atoms with Crippen molar-refractivity contribution in [3.63, 3.8) is 0 Å². The van der Waals surface area contributed by atoms with Crippen molar-refractivity contribution in [3.8, 4) is 0 Å². The van der Waals surface area contributed by atoms with Gasteiger partial charge in [0.15, 0.2) is 5.58 Å². The van der Waals surface area contributed by atoms with E-state index in [1.165, 1.54) is 16.4 Å². The first-order valence-corrected chi connectivity index (χ1v) is 14.4. The average molecular weight is 561 g/mol. The van der Waals surface area contributed by atoms with Gasteiger partial charge in [-0.15, -0.1) is 0 Å². The summed E-state index contributed by atoms with van der Waals surface area (Å²) in [5.74, 6) is -0.0234. The fourth-order valence-electron chi connectivity index (χ4n) is 4.43. The van der Waals surface area contributed by atoms with Crippen molar-refractivity contribution < 1.29 is 32.2 Å². The first kappa shape index (κ1) is 28.8. The summed E-state index contributed by atoms with van der Waals surface area (Å²) in [7, 11) is -2.37. The SMILES string of the molecule is CNc1nc2ccc(S(=O)(=O)N(CC(C)C)C[C@@H](O)[C@H](Cc3ccccc3)NC(=O)O[C@H]3CCOC3)cc2o1. The van der Waals surface area contributed by atoms with Crippen molar-refractivity contribution in [2.75, 3.05) is 38.7 Å². The molecular weight excluding hydrogens is 524 g/mol. The molecule has 2 heterocycles. The van der Waals surface area contributed by atoms with Crippen LogP contribution in [-0.2, 0) is 25.9 Å². The number of oxazole rings is 1. The Balaban J connectivity index is 1.56. The van der Waals surface area contributed by atoms with Crippen molar-refractivity contribution in [1.29, 1.82) is 0 Å². The molecule has 0 bridgehead atoms. The zero-order valence-corrected chi connectivity index (χ0v) is 23.2. The Hall–Kier alpha value is -3.19. The lowest BCUT2D eigenvalue weighted by atomic mass is 10.0. The van der Waals surface area contributed by atoms with Crippen molar-refractivity contribution in [3.05, 3.63) is 54.1 Å². The molecule has 3 atom stereocenters. The number of nitrogens with one attached hydrogen (secondary N) is 2. The maximum atomic E-state index is 13.8. The Bertz CT molecular complexity index is 1340. The predicted octanol–water partition coefficient (Wildman–Crippen LogP) is 3.00. The molecule has 1 aromatic heterocycles. The first-order chi connectivity index (χ1) is 18.7. The highest BCUT2D eigenvalue weighted by Gasteiger charge is 2.32. The number of benzene rings is 2. The van der Waals surface area contributed by atoms with Crippen molar-refractivity contribution in [2.24, 2.45) is 5.92 Å². The third-order valence-electron chi connectivity index (χ3n) is 6.40. The number of amides is 1. The lowest BCUT2D eigenvalue weighted by Gasteiger charge is -2.30. The smallest absolute Gasteiger partial charge is 0.407 e. The number of aliphatic hydroxyl groups excluding tert-OH is 1. The third-order valence-corrected chi connectivity index (χ3v) is 8.23. The molecule has 0 aliphatic carbocycles. The van der Waals surface area contributed by atoms with Gasteiger partial charge in [0.1, 0.15) is 11.6 Å². The van der Waals surface area contributed by atoms with E-state index in [1.807, 2.05) is 44.2 Å². The number of anilines is 1. The lowest BCUT2D eigenvalue weighted by molar-refractivity contribution is 0.0644. The number of nitrogens with zero attached hydrogens (tertiary/aromatic N) is 2. The van der Waals surface area contributed by atoms with Crippen LogP contribution in [0, 0.1) is 5.92 Å². The van der Waals surface area contributed by atoms with Crippen molar-refractivity contribution in [1.82, 2.24) is 14.6 Å². The van der Waals surface area contributed by atoms with E-state index in [0.29, 0.717) is 30.7 Å². The quantitative estimate of drug-likeness (QED) is 0.305. The molecule has 3 aromatic rings. The molecular formula is C27H36N4O7S. The molecule has 212 valence electrons. The van der Waals surface area contributed by atoms with Gasteiger partial charge < -0.3 is 29.6 Å². The van der Waals surface area contributed by atoms with E-state index in [2.05, 4.69) is 15.6 Å². The minimum absolute atomic E-state index is 0.0230. The highest BCUT2D eigenvalue weighted by Crippen LogP contribution is 2.25. The van der Waals surface area contributed by atoms with Crippen LogP contribution in [0.1, 0.15) is 25.8 Å². The van der Waals surface area contributed by atoms with E-state index < -0.39 is 28.3 Å². The summed E-state index contributed by atoms with van der Waals surface area (Å²) in [6.07, 6.45) is -1.38. The Labute approximate surface area is 228 Å². The molecule has 1 aliphatic heterocycles. The van der Waals surface area contributed by atoms with Gasteiger partial charge in [0, 0.05) is 32.6 Å². The van der Waals surface area contributed by atoms with Crippen LogP contribution >= 0.6 is 0 Å². The maximum absolute atomic E-state index is 13.8. The first-order valence-electron chi connectivity index (χ1n) is 13.0. The molecule has 0 saturated carbocycles. The van der Waals surface area contributed by atoms with Gasteiger partial charge in [0.25, 0.3) is 6.01 Å². The van der Waals surface area contributed by atoms with Gasteiger partial charge in [0.05, 0.1) is 30.3 Å². The summed E-state index contributed by atoms with van der Waals surface area (Å²) in [6, 6.07) is 13.3. The third kappa shape index (κ3) is 7.47. The van der Waals surface area contributed by atoms with E-state index in [-0.39, 0.29) is 42.4 Å². The average Bonchev–Trinajstić information content (AvgIpc) is 3.57. The highest BCUT2D eigenvalue weighted by atomic mass is 32.2. The number of alkyl carbamates (subject to hydrolysis) is 1. The van der Waals surface area contributed by atoms with Crippen LogP contribution in [0.4, 0.5) is 10.8 Å². The number of carbonyl (C=O) groups is 1. The molecule has 1 amide bonds. The largest absolute Gasteiger partial charge is 0.444 e. The van der Waals surface area contributed by atoms with Gasteiger partial charge in [-0.05, 0) is 30.0 Å². The van der Waals surface area contributed by atoms with Gasteiger partial charge in [-0.25, -0.2) is 13.2 Å². The van der Waals surface area contributed by atoms with Crippen LogP contribution < -0.4 is 10.6 Å². The summed E-state index contributed by atoms with van der Waals surface area (Å²) in [6.45, 7) is 4.57. The molecule has 4 rings (SSSR count). The summed E-state index contributed by atoms with van der Waals surface area (Å²) in [4.78, 5) is 16.9. The van der Waals surface area contributed by atoms with Crippen molar-refractivity contribution in [2.45, 2.75) is 49.8 Å². The lowest BCUT2D eigenvalue weighted by Crippen LogP contribution is -2.51. The maximum Gasteiger partial charge on any atom is 0.407 e. The zero-order chi connectivity index (χ0) is 28.0. The number of fused-ring (bicyclic) bond motifs is 1. The number of hydrogen-bond acceptors (Lipinski definition) is 9. The molecule has 2 aromatic carbocycles. The van der Waals surface area contributed by atoms with Crippen molar-refractivity contribution >= 4 is 33.2 Å². The summed E-state index contributed by atoms with van der Waals surface area (Å²) in [5.41, 5.74) is 1.72. The van der Waals surface area contributed by atoms with Crippen LogP contribution in [0.15, 0.2) is 57.8 Å². The molecule has 3 N–H and O–H groups in total. The molecule has 0 spiro atoms. The molecule has 1 saturated heterocycles. The minimum atomic E-state index is -4.03. The second kappa shape index (κ2) is 12.8. The number of carbonyl (C=O) groups excluding carboxylic acids is 1. The van der Waals surface area contributed by atoms with E-state index in [9.17, 15) is 18.3 Å².